The van der Waals surface area contributed by atoms with E-state index in [2.05, 4.69) is 12.5 Å². The summed E-state index contributed by atoms with van der Waals surface area (Å²) in [5.41, 5.74) is 0. The molecule has 0 aromatic rings. The summed E-state index contributed by atoms with van der Waals surface area (Å²) in [5, 5.41) is 8.11. The Labute approximate surface area is 51.3 Å². The highest BCUT2D eigenvalue weighted by molar-refractivity contribution is 4.68. The minimum atomic E-state index is 0.716. The highest BCUT2D eigenvalue weighted by atomic mass is 14.2. The van der Waals surface area contributed by atoms with Crippen molar-refractivity contribution in [3.63, 3.8) is 0 Å². The lowest BCUT2D eigenvalue weighted by molar-refractivity contribution is 0.744. The minimum absolute atomic E-state index is 0.716. The average molecular weight is 110 g/mol. The van der Waals surface area contributed by atoms with E-state index in [1.165, 1.54) is 6.42 Å². The standard InChI is InChI=1S/C7H12N/c1-2-3-4-5-6-7-8/h2H,3-6H2,1H3. The topological polar surface area (TPSA) is 23.8 Å². The first-order valence-corrected chi connectivity index (χ1v) is 3.06. The molecule has 0 spiro atoms. The number of rotatable bonds is 4. The Morgan fingerprint density at radius 3 is 2.75 bits per heavy atom. The molecular formula is C7H12N. The Morgan fingerprint density at radius 2 is 2.25 bits per heavy atom. The lowest BCUT2D eigenvalue weighted by Crippen LogP contribution is -1.73. The van der Waals surface area contributed by atoms with Crippen molar-refractivity contribution in [2.24, 2.45) is 0 Å². The van der Waals surface area contributed by atoms with Gasteiger partial charge in [-0.2, -0.15) is 5.26 Å². The van der Waals surface area contributed by atoms with E-state index in [9.17, 15) is 0 Å². The molecule has 0 saturated heterocycles. The number of unbranched alkanes of at least 4 members (excludes halogenated alkanes) is 4. The second-order valence-corrected chi connectivity index (χ2v) is 1.81. The highest BCUT2D eigenvalue weighted by Crippen LogP contribution is 1.99. The first kappa shape index (κ1) is 7.49. The van der Waals surface area contributed by atoms with Crippen molar-refractivity contribution < 1.29 is 0 Å². The number of nitriles is 1. The first-order valence-electron chi connectivity index (χ1n) is 3.06. The zero-order valence-corrected chi connectivity index (χ0v) is 5.35. The summed E-state index contributed by atoms with van der Waals surface area (Å²) in [5.74, 6) is 0. The summed E-state index contributed by atoms with van der Waals surface area (Å²) in [6.07, 6.45) is 6.23. The van der Waals surface area contributed by atoms with E-state index in [0.717, 1.165) is 12.8 Å². The molecule has 0 N–H and O–H groups in total. The molecule has 0 saturated carbocycles. The molecule has 0 unspecified atom stereocenters. The molecule has 0 aromatic carbocycles. The van der Waals surface area contributed by atoms with E-state index >= 15 is 0 Å². The summed E-state index contributed by atoms with van der Waals surface area (Å²) < 4.78 is 0. The minimum Gasteiger partial charge on any atom is -0.198 e. The van der Waals surface area contributed by atoms with Crippen molar-refractivity contribution in [1.82, 2.24) is 0 Å². The Balaban J connectivity index is 2.65. The highest BCUT2D eigenvalue weighted by Gasteiger charge is 1.83. The van der Waals surface area contributed by atoms with Crippen LogP contribution in [0.5, 0.6) is 0 Å². The van der Waals surface area contributed by atoms with Crippen molar-refractivity contribution in [2.45, 2.75) is 32.6 Å². The lowest BCUT2D eigenvalue weighted by Gasteiger charge is -1.89. The summed E-state index contributed by atoms with van der Waals surface area (Å²) in [6, 6.07) is 2.11. The summed E-state index contributed by atoms with van der Waals surface area (Å²) in [4.78, 5) is 0. The molecular weight excluding hydrogens is 98.1 g/mol. The second kappa shape index (κ2) is 6.49. The van der Waals surface area contributed by atoms with Gasteiger partial charge in [-0.25, -0.2) is 0 Å². The Bertz CT molecular complexity index is 70.9. The zero-order chi connectivity index (χ0) is 6.24. The van der Waals surface area contributed by atoms with E-state index in [0.29, 0.717) is 6.42 Å². The summed E-state index contributed by atoms with van der Waals surface area (Å²) in [6.45, 7) is 2.05. The van der Waals surface area contributed by atoms with Crippen molar-refractivity contribution in [2.75, 3.05) is 0 Å². The molecule has 0 aliphatic rings. The molecule has 0 fully saturated rings. The monoisotopic (exact) mass is 110 g/mol. The van der Waals surface area contributed by atoms with Gasteiger partial charge in [0.05, 0.1) is 6.07 Å². The zero-order valence-electron chi connectivity index (χ0n) is 5.35. The fourth-order valence-corrected chi connectivity index (χ4v) is 0.553. The maximum absolute atomic E-state index is 8.11. The molecule has 0 heterocycles. The molecule has 1 heteroatoms. The van der Waals surface area contributed by atoms with Crippen LogP contribution in [0.15, 0.2) is 0 Å². The van der Waals surface area contributed by atoms with Gasteiger partial charge in [-0.3, -0.25) is 0 Å². The van der Waals surface area contributed by atoms with Gasteiger partial charge in [0.25, 0.3) is 0 Å². The van der Waals surface area contributed by atoms with Crippen LogP contribution in [0.3, 0.4) is 0 Å². The maximum atomic E-state index is 8.11. The molecule has 1 nitrogen and oxygen atoms in total. The molecule has 0 bridgehead atoms. The molecule has 1 radical (unpaired) electrons. The SMILES string of the molecule is C[CH]CCCCC#N. The number of hydrogen-bond acceptors (Lipinski definition) is 1. The third-order valence-corrected chi connectivity index (χ3v) is 1.03. The normalized spacial score (nSPS) is 8.50. The second-order valence-electron chi connectivity index (χ2n) is 1.81. The summed E-state index contributed by atoms with van der Waals surface area (Å²) >= 11 is 0. The molecule has 0 aliphatic heterocycles. The van der Waals surface area contributed by atoms with Crippen LogP contribution in [0.2, 0.25) is 0 Å². The molecule has 8 heavy (non-hydrogen) atoms. The van der Waals surface area contributed by atoms with E-state index in [1.54, 1.807) is 0 Å². The van der Waals surface area contributed by atoms with Gasteiger partial charge in [-0.05, 0) is 12.8 Å². The Kier molecular flexibility index (Phi) is 6.08. The Hall–Kier alpha value is -0.510. The molecule has 45 valence electrons. The summed E-state index contributed by atoms with van der Waals surface area (Å²) in [7, 11) is 0. The largest absolute Gasteiger partial charge is 0.198 e. The third kappa shape index (κ3) is 5.49. The van der Waals surface area contributed by atoms with Crippen molar-refractivity contribution in [3.8, 4) is 6.07 Å². The lowest BCUT2D eigenvalue weighted by atomic mass is 10.2. The van der Waals surface area contributed by atoms with Crippen molar-refractivity contribution in [3.05, 3.63) is 6.42 Å². The van der Waals surface area contributed by atoms with Crippen molar-refractivity contribution in [1.29, 1.82) is 5.26 Å². The first-order chi connectivity index (χ1) is 3.91. The van der Waals surface area contributed by atoms with Gasteiger partial charge in [0, 0.05) is 6.42 Å². The van der Waals surface area contributed by atoms with Crippen LogP contribution < -0.4 is 0 Å². The molecule has 0 atom stereocenters. The van der Waals surface area contributed by atoms with Gasteiger partial charge in [0.15, 0.2) is 0 Å². The maximum Gasteiger partial charge on any atom is 0.0621 e. The van der Waals surface area contributed by atoms with Crippen LogP contribution in [0.4, 0.5) is 0 Å². The predicted octanol–water partition coefficient (Wildman–Crippen LogP) is 2.29. The van der Waals surface area contributed by atoms with E-state index in [-0.39, 0.29) is 0 Å². The predicted molar refractivity (Wildman–Crippen MR) is 34.1 cm³/mol. The average Bonchev–Trinajstić information content (AvgIpc) is 1.81. The smallest absolute Gasteiger partial charge is 0.0621 e. The molecule has 0 aromatic heterocycles. The van der Waals surface area contributed by atoms with Crippen LogP contribution in [0.25, 0.3) is 0 Å². The van der Waals surface area contributed by atoms with Gasteiger partial charge in [0.2, 0.25) is 0 Å². The van der Waals surface area contributed by atoms with E-state index in [1.807, 2.05) is 6.92 Å². The van der Waals surface area contributed by atoms with Gasteiger partial charge in [0.1, 0.15) is 0 Å². The third-order valence-electron chi connectivity index (χ3n) is 1.03. The molecule has 0 aliphatic carbocycles. The van der Waals surface area contributed by atoms with Gasteiger partial charge < -0.3 is 0 Å². The van der Waals surface area contributed by atoms with Crippen LogP contribution in [0, 0.1) is 17.8 Å². The number of nitrogens with zero attached hydrogens (tertiary/aromatic N) is 1. The van der Waals surface area contributed by atoms with Gasteiger partial charge in [-0.15, -0.1) is 0 Å². The van der Waals surface area contributed by atoms with Crippen LogP contribution in [-0.2, 0) is 0 Å². The van der Waals surface area contributed by atoms with Crippen LogP contribution in [0.1, 0.15) is 32.6 Å². The molecule has 0 rings (SSSR count). The molecule has 0 amide bonds. The van der Waals surface area contributed by atoms with Gasteiger partial charge >= 0.3 is 0 Å². The van der Waals surface area contributed by atoms with Crippen LogP contribution >= 0.6 is 0 Å². The van der Waals surface area contributed by atoms with E-state index < -0.39 is 0 Å². The van der Waals surface area contributed by atoms with Crippen molar-refractivity contribution >= 4 is 0 Å². The Morgan fingerprint density at radius 1 is 1.50 bits per heavy atom. The quantitative estimate of drug-likeness (QED) is 0.509. The van der Waals surface area contributed by atoms with Crippen LogP contribution in [-0.4, -0.2) is 0 Å². The van der Waals surface area contributed by atoms with E-state index in [4.69, 9.17) is 5.26 Å². The fraction of sp³-hybridized carbons (Fsp3) is 0.714. The number of hydrogen-bond donors (Lipinski definition) is 0. The fourth-order valence-electron chi connectivity index (χ4n) is 0.553. The van der Waals surface area contributed by atoms with Gasteiger partial charge in [-0.1, -0.05) is 19.8 Å².